The molecule has 3 rings (SSSR count). The number of aromatic nitrogens is 2. The molecule has 96 valence electrons. The van der Waals surface area contributed by atoms with Crippen LogP contribution in [0.3, 0.4) is 0 Å². The lowest BCUT2D eigenvalue weighted by Gasteiger charge is -2.09. The second-order valence-electron chi connectivity index (χ2n) is 4.97. The van der Waals surface area contributed by atoms with Gasteiger partial charge < -0.3 is 9.47 Å². The van der Waals surface area contributed by atoms with Crippen molar-refractivity contribution >= 4 is 5.97 Å². The average molecular weight is 248 g/mol. The van der Waals surface area contributed by atoms with Crippen molar-refractivity contribution in [3.05, 3.63) is 17.6 Å². The van der Waals surface area contributed by atoms with Gasteiger partial charge in [0.05, 0.1) is 19.9 Å². The van der Waals surface area contributed by atoms with Crippen LogP contribution in [-0.2, 0) is 4.74 Å². The zero-order valence-electron chi connectivity index (χ0n) is 10.4. The molecule has 5 nitrogen and oxygen atoms in total. The van der Waals surface area contributed by atoms with Crippen molar-refractivity contribution in [1.29, 1.82) is 0 Å². The van der Waals surface area contributed by atoms with Crippen LogP contribution < -0.4 is 4.74 Å². The third-order valence-corrected chi connectivity index (χ3v) is 3.28. The smallest absolute Gasteiger partial charge is 0.358 e. The molecule has 5 heteroatoms. The molecule has 1 heterocycles. The molecular formula is C13H16N2O3. The molecule has 0 aliphatic heterocycles. The third-order valence-electron chi connectivity index (χ3n) is 3.28. The summed E-state index contributed by atoms with van der Waals surface area (Å²) in [6.07, 6.45) is 6.19. The minimum absolute atomic E-state index is 0.215. The summed E-state index contributed by atoms with van der Waals surface area (Å²) in [5.41, 5.74) is 1.11. The van der Waals surface area contributed by atoms with Gasteiger partial charge in [0.25, 0.3) is 0 Å². The number of methoxy groups -OCH3 is 1. The number of ether oxygens (including phenoxy) is 2. The molecule has 2 aliphatic rings. The highest BCUT2D eigenvalue weighted by molar-refractivity contribution is 5.86. The normalized spacial score (nSPS) is 18.5. The van der Waals surface area contributed by atoms with Crippen LogP contribution in [0.4, 0.5) is 0 Å². The topological polar surface area (TPSA) is 61.3 Å². The maximum atomic E-state index is 11.4. The van der Waals surface area contributed by atoms with Gasteiger partial charge >= 0.3 is 5.97 Å². The average Bonchev–Trinajstić information content (AvgIpc) is 3.28. The predicted molar refractivity (Wildman–Crippen MR) is 63.6 cm³/mol. The highest BCUT2D eigenvalue weighted by Crippen LogP contribution is 2.42. The van der Waals surface area contributed by atoms with Gasteiger partial charge in [0.15, 0.2) is 5.69 Å². The fourth-order valence-electron chi connectivity index (χ4n) is 1.81. The van der Waals surface area contributed by atoms with Gasteiger partial charge in [-0.05, 0) is 31.6 Å². The Bertz CT molecular complexity index is 467. The Balaban J connectivity index is 1.82. The van der Waals surface area contributed by atoms with Gasteiger partial charge in [-0.2, -0.15) is 0 Å². The Kier molecular flexibility index (Phi) is 2.89. The first-order valence-electron chi connectivity index (χ1n) is 6.36. The van der Waals surface area contributed by atoms with Crippen molar-refractivity contribution in [2.75, 3.05) is 13.7 Å². The molecule has 0 unspecified atom stereocenters. The number of carbonyl (C=O) groups is 1. The van der Waals surface area contributed by atoms with E-state index < -0.39 is 5.97 Å². The van der Waals surface area contributed by atoms with Crippen LogP contribution in [0.5, 0.6) is 5.88 Å². The van der Waals surface area contributed by atoms with Gasteiger partial charge in [-0.3, -0.25) is 4.98 Å². The van der Waals surface area contributed by atoms with Crippen molar-refractivity contribution < 1.29 is 14.3 Å². The number of hydrogen-bond acceptors (Lipinski definition) is 5. The molecule has 0 aromatic carbocycles. The molecule has 0 bridgehead atoms. The fraction of sp³-hybridized carbons (Fsp3) is 0.615. The first-order valence-corrected chi connectivity index (χ1v) is 6.36. The van der Waals surface area contributed by atoms with Gasteiger partial charge in [-0.25, -0.2) is 9.78 Å². The Labute approximate surface area is 106 Å². The van der Waals surface area contributed by atoms with Crippen LogP contribution >= 0.6 is 0 Å². The maximum absolute atomic E-state index is 11.4. The zero-order valence-corrected chi connectivity index (χ0v) is 10.4. The summed E-state index contributed by atoms with van der Waals surface area (Å²) in [5, 5.41) is 0. The van der Waals surface area contributed by atoms with E-state index in [4.69, 9.17) is 4.74 Å². The molecule has 1 aromatic heterocycles. The molecule has 0 saturated heterocycles. The molecule has 2 aliphatic carbocycles. The van der Waals surface area contributed by atoms with E-state index in [-0.39, 0.29) is 5.69 Å². The van der Waals surface area contributed by atoms with Crippen molar-refractivity contribution in [2.45, 2.75) is 31.6 Å². The van der Waals surface area contributed by atoms with Gasteiger partial charge in [-0.1, -0.05) is 0 Å². The molecule has 0 radical (unpaired) electrons. The molecule has 18 heavy (non-hydrogen) atoms. The summed E-state index contributed by atoms with van der Waals surface area (Å²) in [5.74, 6) is 1.16. The van der Waals surface area contributed by atoms with E-state index >= 15 is 0 Å². The minimum Gasteiger partial charge on any atom is -0.476 e. The first kappa shape index (κ1) is 11.4. The monoisotopic (exact) mass is 248 g/mol. The zero-order chi connectivity index (χ0) is 12.5. The van der Waals surface area contributed by atoms with Crippen LogP contribution in [0.1, 0.15) is 47.8 Å². The summed E-state index contributed by atoms with van der Waals surface area (Å²) < 4.78 is 10.4. The molecule has 1 aromatic rings. The van der Waals surface area contributed by atoms with E-state index in [1.165, 1.54) is 26.1 Å². The molecule has 0 atom stereocenters. The van der Waals surface area contributed by atoms with E-state index in [1.54, 1.807) is 0 Å². The Morgan fingerprint density at radius 1 is 1.39 bits per heavy atom. The molecule has 0 amide bonds. The lowest BCUT2D eigenvalue weighted by Crippen LogP contribution is -2.10. The highest BCUT2D eigenvalue weighted by atomic mass is 16.5. The first-order chi connectivity index (χ1) is 8.78. The van der Waals surface area contributed by atoms with Crippen LogP contribution in [0.2, 0.25) is 0 Å². The van der Waals surface area contributed by atoms with E-state index in [1.807, 2.05) is 0 Å². The largest absolute Gasteiger partial charge is 0.476 e. The summed E-state index contributed by atoms with van der Waals surface area (Å²) in [6.45, 7) is 0.680. The van der Waals surface area contributed by atoms with Crippen LogP contribution in [-0.4, -0.2) is 29.7 Å². The second-order valence-corrected chi connectivity index (χ2v) is 4.97. The van der Waals surface area contributed by atoms with Crippen molar-refractivity contribution in [2.24, 2.45) is 5.92 Å². The second kappa shape index (κ2) is 4.55. The SMILES string of the molecule is COC(=O)c1cnc(C2CC2)c(OCC2CC2)n1. The minimum atomic E-state index is -0.471. The van der Waals surface area contributed by atoms with Gasteiger partial charge in [-0.15, -0.1) is 0 Å². The Morgan fingerprint density at radius 2 is 2.17 bits per heavy atom. The summed E-state index contributed by atoms with van der Waals surface area (Å²) in [4.78, 5) is 20.0. The van der Waals surface area contributed by atoms with E-state index in [0.717, 1.165) is 18.5 Å². The molecule has 2 fully saturated rings. The van der Waals surface area contributed by atoms with Gasteiger partial charge in [0.2, 0.25) is 5.88 Å². The number of hydrogen-bond donors (Lipinski definition) is 0. The van der Waals surface area contributed by atoms with Gasteiger partial charge in [0.1, 0.15) is 5.69 Å². The van der Waals surface area contributed by atoms with Crippen LogP contribution in [0.15, 0.2) is 6.20 Å². The third kappa shape index (κ3) is 2.44. The lowest BCUT2D eigenvalue weighted by molar-refractivity contribution is 0.0592. The lowest BCUT2D eigenvalue weighted by atomic mass is 10.3. The quantitative estimate of drug-likeness (QED) is 0.745. The standard InChI is InChI=1S/C13H16N2O3/c1-17-13(16)10-6-14-11(9-4-5-9)12(15-10)18-7-8-2-3-8/h6,8-9H,2-5,7H2,1H3. The number of rotatable bonds is 5. The number of nitrogens with zero attached hydrogens (tertiary/aromatic N) is 2. The van der Waals surface area contributed by atoms with Crippen LogP contribution in [0.25, 0.3) is 0 Å². The Morgan fingerprint density at radius 3 is 2.78 bits per heavy atom. The summed E-state index contributed by atoms with van der Waals surface area (Å²) >= 11 is 0. The molecular weight excluding hydrogens is 232 g/mol. The molecule has 2 saturated carbocycles. The molecule has 0 spiro atoms. The van der Waals surface area contributed by atoms with Crippen LogP contribution in [0, 0.1) is 5.92 Å². The number of carbonyl (C=O) groups excluding carboxylic acids is 1. The highest BCUT2D eigenvalue weighted by Gasteiger charge is 2.31. The van der Waals surface area contributed by atoms with Crippen molar-refractivity contribution in [1.82, 2.24) is 9.97 Å². The van der Waals surface area contributed by atoms with Crippen molar-refractivity contribution in [3.63, 3.8) is 0 Å². The van der Waals surface area contributed by atoms with Gasteiger partial charge in [0, 0.05) is 5.92 Å². The maximum Gasteiger partial charge on any atom is 0.358 e. The van der Waals surface area contributed by atoms with Crippen molar-refractivity contribution in [3.8, 4) is 5.88 Å². The molecule has 0 N–H and O–H groups in total. The van der Waals surface area contributed by atoms with E-state index in [0.29, 0.717) is 24.3 Å². The van der Waals surface area contributed by atoms with E-state index in [9.17, 15) is 4.79 Å². The Hall–Kier alpha value is -1.65. The summed E-state index contributed by atoms with van der Waals surface area (Å²) in [7, 11) is 1.34. The fourth-order valence-corrected chi connectivity index (χ4v) is 1.81. The summed E-state index contributed by atoms with van der Waals surface area (Å²) in [6, 6.07) is 0. The van der Waals surface area contributed by atoms with E-state index in [2.05, 4.69) is 14.7 Å². The predicted octanol–water partition coefficient (Wildman–Crippen LogP) is 1.93. The number of esters is 1.